The van der Waals surface area contributed by atoms with Crippen molar-refractivity contribution in [3.63, 3.8) is 0 Å². The van der Waals surface area contributed by atoms with E-state index in [2.05, 4.69) is 0 Å². The average Bonchev–Trinajstić information content (AvgIpc) is 2.34. The molecule has 0 aromatic heterocycles. The van der Waals surface area contributed by atoms with Crippen LogP contribution in [0.1, 0.15) is 12.8 Å². The topological polar surface area (TPSA) is 49.8 Å². The molecule has 1 amide bonds. The number of hydrogen-bond acceptors (Lipinski definition) is 2. The molecule has 1 fully saturated rings. The van der Waals surface area contributed by atoms with Crippen LogP contribution in [-0.4, -0.2) is 35.3 Å². The summed E-state index contributed by atoms with van der Waals surface area (Å²) >= 11 is 12.0. The molecule has 1 aliphatic rings. The lowest BCUT2D eigenvalue weighted by atomic mass is 10.1. The van der Waals surface area contributed by atoms with Gasteiger partial charge in [-0.05, 0) is 12.1 Å². The van der Waals surface area contributed by atoms with E-state index >= 15 is 0 Å². The zero-order chi connectivity index (χ0) is 13.1. The number of amides is 1. The fraction of sp³-hybridized carbons (Fsp3) is 0.417. The highest BCUT2D eigenvalue weighted by atomic mass is 35.5. The number of rotatable bonds is 2. The second-order valence-electron chi connectivity index (χ2n) is 4.14. The van der Waals surface area contributed by atoms with Crippen molar-refractivity contribution in [2.75, 3.05) is 13.1 Å². The molecule has 6 heteroatoms. The van der Waals surface area contributed by atoms with Crippen LogP contribution in [0.5, 0.6) is 5.75 Å². The van der Waals surface area contributed by atoms with E-state index in [0.29, 0.717) is 41.7 Å². The number of benzene rings is 1. The Morgan fingerprint density at radius 2 is 1.83 bits per heavy atom. The first-order chi connectivity index (χ1) is 8.58. The van der Waals surface area contributed by atoms with Crippen molar-refractivity contribution < 1.29 is 14.6 Å². The number of piperidine rings is 1. The molecule has 1 aromatic carbocycles. The van der Waals surface area contributed by atoms with E-state index in [4.69, 9.17) is 33.0 Å². The zero-order valence-electron chi connectivity index (χ0n) is 9.60. The van der Waals surface area contributed by atoms with E-state index in [9.17, 15) is 4.79 Å². The summed E-state index contributed by atoms with van der Waals surface area (Å²) in [5.41, 5.74) is 0. The summed E-state index contributed by atoms with van der Waals surface area (Å²) in [4.78, 5) is 12.2. The Labute approximate surface area is 115 Å². The average molecular weight is 290 g/mol. The monoisotopic (exact) mass is 289 g/mol. The molecule has 0 bridgehead atoms. The molecule has 0 aliphatic carbocycles. The van der Waals surface area contributed by atoms with Crippen LogP contribution < -0.4 is 4.74 Å². The molecule has 4 nitrogen and oxygen atoms in total. The third-order valence-electron chi connectivity index (χ3n) is 2.92. The number of nitrogens with zero attached hydrogens (tertiary/aromatic N) is 1. The van der Waals surface area contributed by atoms with Crippen LogP contribution in [0.3, 0.4) is 0 Å². The Hall–Kier alpha value is -1.13. The van der Waals surface area contributed by atoms with E-state index in [1.54, 1.807) is 18.2 Å². The molecular formula is C12H13Cl2NO3. The molecule has 0 saturated carbocycles. The molecule has 1 heterocycles. The first-order valence-corrected chi connectivity index (χ1v) is 6.42. The number of hydrogen-bond donors (Lipinski definition) is 1. The Bertz CT molecular complexity index is 425. The normalized spacial score (nSPS) is 16.7. The van der Waals surface area contributed by atoms with Gasteiger partial charge in [0.05, 0.1) is 10.0 Å². The van der Waals surface area contributed by atoms with E-state index in [0.717, 1.165) is 0 Å². The standard InChI is InChI=1S/C12H13Cl2NO3/c13-9-2-1-3-10(14)11(9)18-8-4-6-15(7-5-8)12(16)17/h1-3,8H,4-7H2,(H,16,17). The fourth-order valence-electron chi connectivity index (χ4n) is 1.93. The summed E-state index contributed by atoms with van der Waals surface area (Å²) in [5, 5.41) is 9.80. The SMILES string of the molecule is O=C(O)N1CCC(Oc2c(Cl)cccc2Cl)CC1. The quantitative estimate of drug-likeness (QED) is 0.906. The van der Waals surface area contributed by atoms with Gasteiger partial charge in [-0.25, -0.2) is 4.79 Å². The Morgan fingerprint density at radius 3 is 2.33 bits per heavy atom. The number of para-hydroxylation sites is 1. The van der Waals surface area contributed by atoms with Gasteiger partial charge in [-0.15, -0.1) is 0 Å². The van der Waals surface area contributed by atoms with Crippen molar-refractivity contribution in [3.05, 3.63) is 28.2 Å². The minimum Gasteiger partial charge on any atom is -0.487 e. The van der Waals surface area contributed by atoms with Gasteiger partial charge in [-0.1, -0.05) is 29.3 Å². The van der Waals surface area contributed by atoms with Gasteiger partial charge in [0, 0.05) is 25.9 Å². The van der Waals surface area contributed by atoms with Gasteiger partial charge in [0.15, 0.2) is 5.75 Å². The second-order valence-corrected chi connectivity index (χ2v) is 4.95. The van der Waals surface area contributed by atoms with Crippen LogP contribution >= 0.6 is 23.2 Å². The van der Waals surface area contributed by atoms with Gasteiger partial charge >= 0.3 is 6.09 Å². The maximum atomic E-state index is 10.8. The molecular weight excluding hydrogens is 277 g/mol. The minimum atomic E-state index is -0.885. The van der Waals surface area contributed by atoms with Crippen molar-refractivity contribution in [2.45, 2.75) is 18.9 Å². The maximum Gasteiger partial charge on any atom is 0.407 e. The van der Waals surface area contributed by atoms with Crippen LogP contribution in [0.2, 0.25) is 10.0 Å². The van der Waals surface area contributed by atoms with Crippen LogP contribution in [0.15, 0.2) is 18.2 Å². The van der Waals surface area contributed by atoms with Gasteiger partial charge in [0.25, 0.3) is 0 Å². The predicted molar refractivity (Wildman–Crippen MR) is 69.7 cm³/mol. The number of likely N-dealkylation sites (tertiary alicyclic amines) is 1. The van der Waals surface area contributed by atoms with Gasteiger partial charge in [-0.2, -0.15) is 0 Å². The van der Waals surface area contributed by atoms with Crippen molar-refractivity contribution in [1.82, 2.24) is 4.90 Å². The van der Waals surface area contributed by atoms with Crippen molar-refractivity contribution >= 4 is 29.3 Å². The van der Waals surface area contributed by atoms with Gasteiger partial charge in [0.2, 0.25) is 0 Å². The summed E-state index contributed by atoms with van der Waals surface area (Å²) < 4.78 is 5.76. The van der Waals surface area contributed by atoms with E-state index in [1.807, 2.05) is 0 Å². The lowest BCUT2D eigenvalue weighted by Gasteiger charge is -2.30. The number of ether oxygens (including phenoxy) is 1. The second kappa shape index (κ2) is 5.67. The Morgan fingerprint density at radius 1 is 1.28 bits per heavy atom. The molecule has 18 heavy (non-hydrogen) atoms. The summed E-state index contributed by atoms with van der Waals surface area (Å²) in [7, 11) is 0. The summed E-state index contributed by atoms with van der Waals surface area (Å²) in [6, 6.07) is 5.19. The first-order valence-electron chi connectivity index (χ1n) is 5.66. The maximum absolute atomic E-state index is 10.8. The number of carboxylic acid groups (broad SMARTS) is 1. The molecule has 0 unspecified atom stereocenters. The van der Waals surface area contributed by atoms with E-state index in [-0.39, 0.29) is 6.10 Å². The molecule has 1 aliphatic heterocycles. The highest BCUT2D eigenvalue weighted by molar-refractivity contribution is 6.37. The smallest absolute Gasteiger partial charge is 0.407 e. The summed E-state index contributed by atoms with van der Waals surface area (Å²) in [6.45, 7) is 0.949. The summed E-state index contributed by atoms with van der Waals surface area (Å²) in [6.07, 6.45) is 0.365. The van der Waals surface area contributed by atoms with Crippen LogP contribution in [0, 0.1) is 0 Å². The third-order valence-corrected chi connectivity index (χ3v) is 3.51. The number of carbonyl (C=O) groups is 1. The van der Waals surface area contributed by atoms with Crippen molar-refractivity contribution in [2.24, 2.45) is 0 Å². The number of halogens is 2. The van der Waals surface area contributed by atoms with Crippen LogP contribution in [0.4, 0.5) is 4.79 Å². The van der Waals surface area contributed by atoms with Crippen molar-refractivity contribution in [3.8, 4) is 5.75 Å². The van der Waals surface area contributed by atoms with Gasteiger partial charge < -0.3 is 14.7 Å². The third kappa shape index (κ3) is 3.00. The van der Waals surface area contributed by atoms with E-state index in [1.165, 1.54) is 4.90 Å². The lowest BCUT2D eigenvalue weighted by molar-refractivity contribution is 0.0895. The lowest BCUT2D eigenvalue weighted by Crippen LogP contribution is -2.41. The van der Waals surface area contributed by atoms with Gasteiger partial charge in [0.1, 0.15) is 6.10 Å². The van der Waals surface area contributed by atoms with Crippen LogP contribution in [0.25, 0.3) is 0 Å². The molecule has 1 saturated heterocycles. The highest BCUT2D eigenvalue weighted by Crippen LogP contribution is 2.34. The first kappa shape index (κ1) is 13.3. The Balaban J connectivity index is 1.98. The fourth-order valence-corrected chi connectivity index (χ4v) is 2.41. The molecule has 1 N–H and O–H groups in total. The molecule has 0 spiro atoms. The predicted octanol–water partition coefficient (Wildman–Crippen LogP) is 3.51. The zero-order valence-corrected chi connectivity index (χ0v) is 11.1. The molecule has 0 atom stereocenters. The van der Waals surface area contributed by atoms with Gasteiger partial charge in [-0.3, -0.25) is 0 Å². The molecule has 0 radical (unpaired) electrons. The highest BCUT2D eigenvalue weighted by Gasteiger charge is 2.24. The van der Waals surface area contributed by atoms with E-state index < -0.39 is 6.09 Å². The van der Waals surface area contributed by atoms with Crippen molar-refractivity contribution in [1.29, 1.82) is 0 Å². The summed E-state index contributed by atoms with van der Waals surface area (Å²) in [5.74, 6) is 0.481. The largest absolute Gasteiger partial charge is 0.487 e. The molecule has 2 rings (SSSR count). The molecule has 1 aromatic rings. The minimum absolute atomic E-state index is 0.0435. The Kier molecular flexibility index (Phi) is 4.19. The van der Waals surface area contributed by atoms with Crippen LogP contribution in [-0.2, 0) is 0 Å². The molecule has 98 valence electrons.